The highest BCUT2D eigenvalue weighted by Gasteiger charge is 2.30. The molecule has 7 nitrogen and oxygen atoms in total. The van der Waals surface area contributed by atoms with E-state index < -0.39 is 23.7 Å². The number of benzene rings is 2. The van der Waals surface area contributed by atoms with Crippen LogP contribution < -0.4 is 10.2 Å². The smallest absolute Gasteiger partial charge is 0.341 e. The van der Waals surface area contributed by atoms with Gasteiger partial charge in [-0.05, 0) is 55.7 Å². The summed E-state index contributed by atoms with van der Waals surface area (Å²) in [6.07, 6.45) is 3.08. The Kier molecular flexibility index (Phi) is 7.65. The minimum atomic E-state index is -0.973. The van der Waals surface area contributed by atoms with Crippen molar-refractivity contribution in [2.75, 3.05) is 44.2 Å². The first-order valence-electron chi connectivity index (χ1n) is 11.9. The monoisotopic (exact) mass is 483 g/mol. The maximum atomic E-state index is 13.6. The number of hydrogen-bond acceptors (Lipinski definition) is 4. The molecule has 2 aromatic rings. The van der Waals surface area contributed by atoms with Gasteiger partial charge in [-0.1, -0.05) is 24.3 Å². The summed E-state index contributed by atoms with van der Waals surface area (Å²) in [6, 6.07) is 10.8. The van der Waals surface area contributed by atoms with E-state index in [-0.39, 0.29) is 0 Å². The summed E-state index contributed by atoms with van der Waals surface area (Å²) in [4.78, 5) is 29.4. The zero-order valence-corrected chi connectivity index (χ0v) is 20.1. The zero-order chi connectivity index (χ0) is 24.9. The molecule has 4 rings (SSSR count). The molecular formula is C26H31F2N5O2. The summed E-state index contributed by atoms with van der Waals surface area (Å²) in [5.41, 5.74) is 3.53. The molecule has 1 saturated heterocycles. The molecule has 2 aliphatic rings. The zero-order valence-electron chi connectivity index (χ0n) is 20.1. The van der Waals surface area contributed by atoms with Gasteiger partial charge in [-0.2, -0.15) is 0 Å². The van der Waals surface area contributed by atoms with E-state index >= 15 is 0 Å². The predicted octanol–water partition coefficient (Wildman–Crippen LogP) is 3.83. The van der Waals surface area contributed by atoms with Crippen molar-refractivity contribution in [2.24, 2.45) is 0 Å². The van der Waals surface area contributed by atoms with Crippen molar-refractivity contribution in [2.45, 2.75) is 26.3 Å². The second-order valence-corrected chi connectivity index (χ2v) is 8.96. The van der Waals surface area contributed by atoms with E-state index in [9.17, 15) is 18.4 Å². The van der Waals surface area contributed by atoms with Gasteiger partial charge in [0.1, 0.15) is 0 Å². The molecular weight excluding hydrogens is 452 g/mol. The van der Waals surface area contributed by atoms with Gasteiger partial charge < -0.3 is 10.2 Å². The molecule has 2 heterocycles. The molecule has 0 aliphatic carbocycles. The first-order chi connectivity index (χ1) is 16.9. The number of carbonyl (C=O) groups excluding carboxylic acids is 2. The molecule has 0 radical (unpaired) electrons. The van der Waals surface area contributed by atoms with E-state index in [1.54, 1.807) is 13.0 Å². The molecule has 2 aliphatic heterocycles. The second-order valence-electron chi connectivity index (χ2n) is 8.96. The normalized spacial score (nSPS) is 18.8. The third-order valence-electron chi connectivity index (χ3n) is 6.58. The minimum absolute atomic E-state index is 0.385. The van der Waals surface area contributed by atoms with Crippen LogP contribution in [0.15, 0.2) is 54.2 Å². The van der Waals surface area contributed by atoms with Crippen molar-refractivity contribution in [1.29, 1.82) is 0 Å². The molecule has 1 fully saturated rings. The predicted molar refractivity (Wildman–Crippen MR) is 130 cm³/mol. The number of amides is 3. The average Bonchev–Trinajstić information content (AvgIpc) is 2.85. The van der Waals surface area contributed by atoms with Gasteiger partial charge in [0, 0.05) is 50.7 Å². The topological polar surface area (TPSA) is 59.1 Å². The van der Waals surface area contributed by atoms with Crippen LogP contribution in [0.2, 0.25) is 0 Å². The highest BCUT2D eigenvalue weighted by Crippen LogP contribution is 2.25. The van der Waals surface area contributed by atoms with E-state index in [0.717, 1.165) is 44.9 Å². The summed E-state index contributed by atoms with van der Waals surface area (Å²) in [5.74, 6) is -1.92. The Bertz CT molecular complexity index is 1100. The molecule has 0 saturated carbocycles. The highest BCUT2D eigenvalue weighted by molar-refractivity contribution is 5.79. The van der Waals surface area contributed by atoms with Crippen molar-refractivity contribution in [1.82, 2.24) is 20.2 Å². The van der Waals surface area contributed by atoms with Crippen LogP contribution in [0.1, 0.15) is 30.5 Å². The number of nitrogens with zero attached hydrogens (tertiary/aromatic N) is 4. The molecule has 0 bridgehead atoms. The molecule has 3 amide bonds. The molecule has 186 valence electrons. The molecule has 1 atom stereocenters. The number of rotatable bonds is 8. The lowest BCUT2D eigenvalue weighted by molar-refractivity contribution is -0.128. The van der Waals surface area contributed by atoms with Gasteiger partial charge in [-0.3, -0.25) is 9.69 Å². The van der Waals surface area contributed by atoms with Crippen LogP contribution in [-0.4, -0.2) is 66.6 Å². The number of allylic oxidation sites excluding steroid dienone is 1. The van der Waals surface area contributed by atoms with Gasteiger partial charge in [-0.25, -0.2) is 23.6 Å². The quantitative estimate of drug-likeness (QED) is 0.580. The van der Waals surface area contributed by atoms with Crippen molar-refractivity contribution >= 4 is 18.1 Å². The number of nitrogens with one attached hydrogen (secondary N) is 1. The molecule has 0 aromatic heterocycles. The number of aryl methyl sites for hydroxylation is 1. The van der Waals surface area contributed by atoms with Gasteiger partial charge in [-0.15, -0.1) is 0 Å². The van der Waals surface area contributed by atoms with Crippen LogP contribution in [0.25, 0.3) is 0 Å². The third kappa shape index (κ3) is 5.62. The van der Waals surface area contributed by atoms with Crippen LogP contribution >= 0.6 is 0 Å². The number of carbonyl (C=O) groups is 2. The van der Waals surface area contributed by atoms with Crippen molar-refractivity contribution < 1.29 is 18.4 Å². The van der Waals surface area contributed by atoms with E-state index in [0.29, 0.717) is 30.6 Å². The van der Waals surface area contributed by atoms with Gasteiger partial charge in [0.15, 0.2) is 11.6 Å². The second kappa shape index (κ2) is 10.9. The maximum absolute atomic E-state index is 13.6. The largest absolute Gasteiger partial charge is 0.369 e. The minimum Gasteiger partial charge on any atom is -0.369 e. The summed E-state index contributed by atoms with van der Waals surface area (Å²) < 4.78 is 26.9. The van der Waals surface area contributed by atoms with Crippen molar-refractivity contribution in [3.05, 3.63) is 77.0 Å². The summed E-state index contributed by atoms with van der Waals surface area (Å²) in [5, 5.41) is 5.39. The van der Waals surface area contributed by atoms with Crippen LogP contribution in [-0.2, 0) is 4.79 Å². The first kappa shape index (κ1) is 24.7. The molecule has 1 N–H and O–H groups in total. The number of urea groups is 1. The number of hydrazine groups is 1. The van der Waals surface area contributed by atoms with Crippen LogP contribution in [0, 0.1) is 18.6 Å². The highest BCUT2D eigenvalue weighted by atomic mass is 19.2. The fourth-order valence-corrected chi connectivity index (χ4v) is 4.70. The molecule has 0 spiro atoms. The Labute approximate surface area is 204 Å². The van der Waals surface area contributed by atoms with Crippen LogP contribution in [0.5, 0.6) is 0 Å². The summed E-state index contributed by atoms with van der Waals surface area (Å²) in [6.45, 7) is 8.82. The Balaban J connectivity index is 1.30. The van der Waals surface area contributed by atoms with E-state index in [1.165, 1.54) is 27.3 Å². The van der Waals surface area contributed by atoms with Crippen molar-refractivity contribution in [3.63, 3.8) is 0 Å². The molecule has 2 aromatic carbocycles. The molecule has 9 heteroatoms. The van der Waals surface area contributed by atoms with Gasteiger partial charge in [0.05, 0.1) is 6.04 Å². The first-order valence-corrected chi connectivity index (χ1v) is 11.9. The van der Waals surface area contributed by atoms with Gasteiger partial charge in [0.25, 0.3) is 0 Å². The summed E-state index contributed by atoms with van der Waals surface area (Å²) >= 11 is 0. The van der Waals surface area contributed by atoms with E-state index in [4.69, 9.17) is 0 Å². The fourth-order valence-electron chi connectivity index (χ4n) is 4.70. The lowest BCUT2D eigenvalue weighted by Gasteiger charge is -2.38. The molecule has 1 unspecified atom stereocenters. The van der Waals surface area contributed by atoms with Crippen molar-refractivity contribution in [3.8, 4) is 0 Å². The van der Waals surface area contributed by atoms with Crippen LogP contribution in [0.4, 0.5) is 19.3 Å². The Hall–Kier alpha value is -3.46. The molecule has 35 heavy (non-hydrogen) atoms. The lowest BCUT2D eigenvalue weighted by atomic mass is 10.0. The Morgan fingerprint density at radius 3 is 2.46 bits per heavy atom. The number of piperazine rings is 1. The van der Waals surface area contributed by atoms with E-state index in [1.807, 2.05) is 0 Å². The standard InChI is InChI=1S/C26H31F2N5O2/c1-19-6-3-4-7-25(19)31-14-12-30(13-15-31)10-5-11-32(18-34)33-20(2)16-24(29-26(33)35)21-8-9-22(27)23(28)17-21/h3-4,6-9,16-18,24H,5,10-15H2,1-2H3,(H,29,35). The fraction of sp³-hybridized carbons (Fsp3) is 0.385. The Morgan fingerprint density at radius 1 is 1.06 bits per heavy atom. The number of halogens is 2. The van der Waals surface area contributed by atoms with E-state index in [2.05, 4.69) is 46.3 Å². The Morgan fingerprint density at radius 2 is 1.80 bits per heavy atom. The summed E-state index contributed by atoms with van der Waals surface area (Å²) in [7, 11) is 0. The lowest BCUT2D eigenvalue weighted by Crippen LogP contribution is -2.53. The average molecular weight is 484 g/mol. The SMILES string of the molecule is CC1=CC(c2ccc(F)c(F)c2)NC(=O)N1N(C=O)CCCN1CCN(c2ccccc2C)CC1. The maximum Gasteiger partial charge on any atom is 0.341 e. The number of para-hydroxylation sites is 1. The third-order valence-corrected chi connectivity index (χ3v) is 6.58. The van der Waals surface area contributed by atoms with Gasteiger partial charge in [0.2, 0.25) is 6.41 Å². The van der Waals surface area contributed by atoms with Crippen LogP contribution in [0.3, 0.4) is 0 Å². The van der Waals surface area contributed by atoms with Gasteiger partial charge >= 0.3 is 6.03 Å². The number of hydrogen-bond donors (Lipinski definition) is 1. The number of anilines is 1.